The molecule has 0 heterocycles. The van der Waals surface area contributed by atoms with E-state index in [2.05, 4.69) is 21.2 Å². The largest absolute Gasteiger partial charge is 0.352 e. The molecule has 1 amide bonds. The van der Waals surface area contributed by atoms with E-state index in [1.54, 1.807) is 0 Å². The third kappa shape index (κ3) is 4.32. The topological polar surface area (TPSA) is 72.2 Å². The lowest BCUT2D eigenvalue weighted by Gasteiger charge is -2.04. The zero-order chi connectivity index (χ0) is 12.8. The number of nitro benzene ring substituents is 1. The number of nitro groups is 1. The molecule has 1 rings (SSSR count). The fourth-order valence-electron chi connectivity index (χ4n) is 1.18. The Morgan fingerprint density at radius 2 is 2.18 bits per heavy atom. The van der Waals surface area contributed by atoms with Crippen LogP contribution in [0.5, 0.6) is 0 Å². The predicted molar refractivity (Wildman–Crippen MR) is 68.9 cm³/mol. The quantitative estimate of drug-likeness (QED) is 0.392. The van der Waals surface area contributed by atoms with Gasteiger partial charge in [-0.15, -0.1) is 0 Å². The van der Waals surface area contributed by atoms with Gasteiger partial charge in [0, 0.05) is 34.6 Å². The summed E-state index contributed by atoms with van der Waals surface area (Å²) in [4.78, 5) is 21.7. The van der Waals surface area contributed by atoms with Gasteiger partial charge < -0.3 is 5.32 Å². The third-order valence-electron chi connectivity index (χ3n) is 1.95. The Kier molecular flexibility index (Phi) is 5.37. The normalized spacial score (nSPS) is 10.0. The molecule has 0 fully saturated rings. The molecule has 0 aliphatic heterocycles. The maximum absolute atomic E-state index is 11.6. The number of halogens is 2. The molecule has 17 heavy (non-hydrogen) atoms. The first kappa shape index (κ1) is 13.9. The zero-order valence-electron chi connectivity index (χ0n) is 8.78. The number of non-ortho nitro benzene ring substituents is 1. The minimum atomic E-state index is -0.582. The summed E-state index contributed by atoms with van der Waals surface area (Å²) in [5.74, 6) is -0.364. The molecular weight excluding hydrogens is 311 g/mol. The number of benzene rings is 1. The second-order valence-corrected chi connectivity index (χ2v) is 4.48. The lowest BCUT2D eigenvalue weighted by Crippen LogP contribution is -2.24. The highest BCUT2D eigenvalue weighted by atomic mass is 79.9. The van der Waals surface area contributed by atoms with Gasteiger partial charge in [0.25, 0.3) is 11.6 Å². The van der Waals surface area contributed by atoms with Crippen LogP contribution in [-0.4, -0.2) is 22.7 Å². The minimum absolute atomic E-state index is 0.171. The summed E-state index contributed by atoms with van der Waals surface area (Å²) < 4.78 is 0. The summed E-state index contributed by atoms with van der Waals surface area (Å²) in [6, 6.07) is 3.81. The number of nitrogens with zero attached hydrogens (tertiary/aromatic N) is 1. The van der Waals surface area contributed by atoms with E-state index in [4.69, 9.17) is 11.6 Å². The molecule has 7 heteroatoms. The SMILES string of the molecule is O=C(NCCCBr)c1cc(Cl)cc([N+](=O)[O-])c1. The van der Waals surface area contributed by atoms with Crippen LogP contribution in [0.25, 0.3) is 0 Å². The van der Waals surface area contributed by atoms with E-state index >= 15 is 0 Å². The van der Waals surface area contributed by atoms with E-state index in [0.29, 0.717) is 6.54 Å². The van der Waals surface area contributed by atoms with Gasteiger partial charge in [-0.05, 0) is 12.5 Å². The average Bonchev–Trinajstić information content (AvgIpc) is 2.28. The van der Waals surface area contributed by atoms with Crippen LogP contribution in [0.3, 0.4) is 0 Å². The van der Waals surface area contributed by atoms with E-state index in [0.717, 1.165) is 11.8 Å². The summed E-state index contributed by atoms with van der Waals surface area (Å²) in [6.07, 6.45) is 0.786. The van der Waals surface area contributed by atoms with E-state index in [1.807, 2.05) is 0 Å². The minimum Gasteiger partial charge on any atom is -0.352 e. The molecule has 0 aliphatic rings. The van der Waals surface area contributed by atoms with Gasteiger partial charge in [0.2, 0.25) is 0 Å². The maximum atomic E-state index is 11.6. The summed E-state index contributed by atoms with van der Waals surface area (Å²) in [5.41, 5.74) is 0.00177. The summed E-state index contributed by atoms with van der Waals surface area (Å²) in [5, 5.41) is 14.2. The predicted octanol–water partition coefficient (Wildman–Crippen LogP) is 2.76. The van der Waals surface area contributed by atoms with Crippen molar-refractivity contribution < 1.29 is 9.72 Å². The van der Waals surface area contributed by atoms with Crippen molar-refractivity contribution in [3.63, 3.8) is 0 Å². The second kappa shape index (κ2) is 6.56. The molecule has 0 spiro atoms. The van der Waals surface area contributed by atoms with Crippen molar-refractivity contribution in [2.75, 3.05) is 11.9 Å². The van der Waals surface area contributed by atoms with Crippen LogP contribution in [-0.2, 0) is 0 Å². The summed E-state index contributed by atoms with van der Waals surface area (Å²) in [7, 11) is 0. The highest BCUT2D eigenvalue weighted by Gasteiger charge is 2.13. The van der Waals surface area contributed by atoms with Crippen molar-refractivity contribution in [3.05, 3.63) is 38.9 Å². The number of carbonyl (C=O) groups is 1. The Morgan fingerprint density at radius 1 is 1.47 bits per heavy atom. The standard InChI is InChI=1S/C10H10BrClN2O3/c11-2-1-3-13-10(15)7-4-8(12)6-9(5-7)14(16)17/h4-6H,1-3H2,(H,13,15). The highest BCUT2D eigenvalue weighted by Crippen LogP contribution is 2.20. The third-order valence-corrected chi connectivity index (χ3v) is 2.73. The smallest absolute Gasteiger partial charge is 0.271 e. The Morgan fingerprint density at radius 3 is 2.76 bits per heavy atom. The number of hydrogen-bond donors (Lipinski definition) is 1. The van der Waals surface area contributed by atoms with Crippen LogP contribution in [0.4, 0.5) is 5.69 Å². The van der Waals surface area contributed by atoms with E-state index in [1.165, 1.54) is 18.2 Å². The van der Waals surface area contributed by atoms with E-state index < -0.39 is 4.92 Å². The van der Waals surface area contributed by atoms with Gasteiger partial charge in [-0.2, -0.15) is 0 Å². The number of rotatable bonds is 5. The maximum Gasteiger partial charge on any atom is 0.271 e. The van der Waals surface area contributed by atoms with Gasteiger partial charge >= 0.3 is 0 Å². The number of nitrogens with one attached hydrogen (secondary N) is 1. The molecule has 1 N–H and O–H groups in total. The molecule has 0 saturated heterocycles. The van der Waals surface area contributed by atoms with Crippen molar-refractivity contribution in [2.45, 2.75) is 6.42 Å². The fourth-order valence-corrected chi connectivity index (χ4v) is 1.69. The van der Waals surface area contributed by atoms with Crippen molar-refractivity contribution >= 4 is 39.1 Å². The molecule has 0 saturated carbocycles. The average molecular weight is 322 g/mol. The van der Waals surface area contributed by atoms with Gasteiger partial charge in [0.1, 0.15) is 0 Å². The van der Waals surface area contributed by atoms with Crippen LogP contribution >= 0.6 is 27.5 Å². The molecule has 0 unspecified atom stereocenters. The van der Waals surface area contributed by atoms with Crippen molar-refractivity contribution in [1.29, 1.82) is 0 Å². The Hall–Kier alpha value is -1.14. The van der Waals surface area contributed by atoms with Crippen molar-refractivity contribution in [3.8, 4) is 0 Å². The molecule has 0 aliphatic carbocycles. The second-order valence-electron chi connectivity index (χ2n) is 3.25. The van der Waals surface area contributed by atoms with Gasteiger partial charge in [-0.25, -0.2) is 0 Å². The molecule has 0 atom stereocenters. The van der Waals surface area contributed by atoms with Crippen LogP contribution in [0.2, 0.25) is 5.02 Å². The first-order chi connectivity index (χ1) is 8.04. The number of carbonyl (C=O) groups excluding carboxylic acids is 1. The van der Waals surface area contributed by atoms with Gasteiger partial charge in [-0.1, -0.05) is 27.5 Å². The lowest BCUT2D eigenvalue weighted by molar-refractivity contribution is -0.384. The van der Waals surface area contributed by atoms with Crippen LogP contribution in [0.1, 0.15) is 16.8 Å². The number of hydrogen-bond acceptors (Lipinski definition) is 3. The Balaban J connectivity index is 2.82. The molecule has 1 aromatic carbocycles. The highest BCUT2D eigenvalue weighted by molar-refractivity contribution is 9.09. The molecule has 0 bridgehead atoms. The number of alkyl halides is 1. The lowest BCUT2D eigenvalue weighted by atomic mass is 10.2. The van der Waals surface area contributed by atoms with Gasteiger partial charge in [0.15, 0.2) is 0 Å². The molecule has 0 aromatic heterocycles. The van der Waals surface area contributed by atoms with Crippen LogP contribution in [0, 0.1) is 10.1 Å². The van der Waals surface area contributed by atoms with E-state index in [9.17, 15) is 14.9 Å². The van der Waals surface area contributed by atoms with Crippen LogP contribution in [0.15, 0.2) is 18.2 Å². The molecule has 1 aromatic rings. The van der Waals surface area contributed by atoms with Crippen molar-refractivity contribution in [2.24, 2.45) is 0 Å². The first-order valence-electron chi connectivity index (χ1n) is 4.83. The fraction of sp³-hybridized carbons (Fsp3) is 0.300. The molecule has 92 valence electrons. The van der Waals surface area contributed by atoms with Crippen molar-refractivity contribution in [1.82, 2.24) is 5.32 Å². The Bertz CT molecular complexity index is 440. The van der Waals surface area contributed by atoms with Gasteiger partial charge in [0.05, 0.1) is 4.92 Å². The first-order valence-corrected chi connectivity index (χ1v) is 6.33. The molecule has 5 nitrogen and oxygen atoms in total. The monoisotopic (exact) mass is 320 g/mol. The van der Waals surface area contributed by atoms with E-state index in [-0.39, 0.29) is 22.2 Å². The molecule has 0 radical (unpaired) electrons. The summed E-state index contributed by atoms with van der Waals surface area (Å²) >= 11 is 8.94. The van der Waals surface area contributed by atoms with Gasteiger partial charge in [-0.3, -0.25) is 14.9 Å². The summed E-state index contributed by atoms with van der Waals surface area (Å²) in [6.45, 7) is 0.504. The zero-order valence-corrected chi connectivity index (χ0v) is 11.1. The molecular formula is C10H10BrClN2O3. The number of amides is 1. The Labute approximate surface area is 111 Å². The van der Waals surface area contributed by atoms with Crippen LogP contribution < -0.4 is 5.32 Å².